The van der Waals surface area contributed by atoms with E-state index in [9.17, 15) is 49.5 Å². The summed E-state index contributed by atoms with van der Waals surface area (Å²) in [5.41, 5.74) is 0.490. The number of carboxylic acids is 4. The Bertz CT molecular complexity index is 1670. The Morgan fingerprint density at radius 1 is 0.837 bits per heavy atom. The number of fused-ring (bicyclic) bond motifs is 2. The molecule has 1 fully saturated rings. The standard InChI is InChI=1S/C31H38N5O10S.Eu.Na/c37-25-18-36(23(31(45)46)8-10-27(40)41)16-14-34(13-15-35(12-11-32-25)22(30(43)44)7-9-26(38)39)17-19-5-6-21-28(42)20-3-1-2-4-24(20)47-29(21)33-19;;/h1-6,22-23,32,37H,7-18H2,(H,38,39)(H,40,41)(H,43,44)(H,45,46);;/q-1;;+1. The molecule has 49 heavy (non-hydrogen) atoms. The molecule has 4 rings (SSSR count). The average Bonchev–Trinajstić information content (AvgIpc) is 3.00. The molecule has 18 heteroatoms. The number of carbonyl (C=O) groups is 4. The van der Waals surface area contributed by atoms with Crippen molar-refractivity contribution in [1.29, 1.82) is 0 Å². The minimum atomic E-state index is -1.23. The van der Waals surface area contributed by atoms with Crippen LogP contribution in [0.5, 0.6) is 0 Å². The van der Waals surface area contributed by atoms with Crippen LogP contribution in [-0.2, 0) is 25.7 Å². The van der Waals surface area contributed by atoms with E-state index >= 15 is 0 Å². The van der Waals surface area contributed by atoms with E-state index in [-0.39, 0.29) is 162 Å². The predicted molar refractivity (Wildman–Crippen MR) is 172 cm³/mol. The molecular weight excluding hydrogens is 809 g/mol. The van der Waals surface area contributed by atoms with Crippen LogP contribution >= 0.6 is 11.3 Å². The first kappa shape index (κ1) is 43.7. The molecule has 3 heterocycles. The van der Waals surface area contributed by atoms with Crippen molar-refractivity contribution in [2.45, 2.75) is 44.3 Å². The van der Waals surface area contributed by atoms with Gasteiger partial charge < -0.3 is 35.7 Å². The van der Waals surface area contributed by atoms with Crippen molar-refractivity contribution in [2.24, 2.45) is 0 Å². The molecule has 1 aliphatic heterocycles. The van der Waals surface area contributed by atoms with Crippen LogP contribution in [0.3, 0.4) is 0 Å². The maximum atomic E-state index is 13.1. The quantitative estimate of drug-likeness (QED) is 0.0682. The van der Waals surface area contributed by atoms with Gasteiger partial charge in [-0.05, 0) is 43.7 Å². The Kier molecular flexibility index (Phi) is 18.9. The molecule has 2 aromatic heterocycles. The summed E-state index contributed by atoms with van der Waals surface area (Å²) in [4.78, 5) is 70.3. The van der Waals surface area contributed by atoms with E-state index in [1.54, 1.807) is 29.2 Å². The first-order valence-corrected chi connectivity index (χ1v) is 15.9. The number of pyridine rings is 1. The number of nitrogens with one attached hydrogen (secondary N) is 1. The Morgan fingerprint density at radius 3 is 2.04 bits per heavy atom. The second-order valence-corrected chi connectivity index (χ2v) is 12.3. The Hall–Kier alpha value is -1.48. The van der Waals surface area contributed by atoms with Crippen LogP contribution in [0.2, 0.25) is 0 Å². The zero-order valence-corrected chi connectivity index (χ0v) is 32.2. The summed E-state index contributed by atoms with van der Waals surface area (Å²) in [6.45, 7) is 1.08. The smallest absolute Gasteiger partial charge is 0.547 e. The van der Waals surface area contributed by atoms with E-state index in [1.165, 1.54) is 16.2 Å². The molecule has 0 aliphatic carbocycles. The summed E-state index contributed by atoms with van der Waals surface area (Å²) < 4.78 is 0.791. The molecule has 1 aliphatic rings. The number of aromatic nitrogens is 1. The summed E-state index contributed by atoms with van der Waals surface area (Å²) in [6, 6.07) is 8.41. The molecular formula is C31H38EuN5NaO10S. The normalized spacial score (nSPS) is 17.2. The van der Waals surface area contributed by atoms with Crippen molar-refractivity contribution < 1.29 is 124 Å². The molecule has 3 aromatic rings. The third kappa shape index (κ3) is 12.9. The van der Waals surface area contributed by atoms with Crippen LogP contribution in [0.4, 0.5) is 0 Å². The van der Waals surface area contributed by atoms with E-state index < -0.39 is 36.0 Å². The van der Waals surface area contributed by atoms with Gasteiger partial charge in [0.05, 0.1) is 11.1 Å². The SMILES string of the molecule is O=C(O)CCC(C(=O)O)N1CCN[C-](O)CN(C(CCC(=O)O)C(=O)O)CCN(Cc2ccc3c(=O)c4ccccc4sc3n2)CC1.[Eu].[Na+]. The first-order chi connectivity index (χ1) is 22.4. The summed E-state index contributed by atoms with van der Waals surface area (Å²) >= 11 is 1.38. The minimum absolute atomic E-state index is 0. The number of nitrogens with zero attached hydrogens (tertiary/aromatic N) is 4. The van der Waals surface area contributed by atoms with Crippen molar-refractivity contribution in [3.63, 3.8) is 0 Å². The number of rotatable bonds is 12. The third-order valence-electron chi connectivity index (χ3n) is 8.09. The molecule has 0 bridgehead atoms. The van der Waals surface area contributed by atoms with Crippen LogP contribution in [0.25, 0.3) is 20.3 Å². The van der Waals surface area contributed by atoms with Crippen molar-refractivity contribution in [2.75, 3.05) is 45.8 Å². The summed E-state index contributed by atoms with van der Waals surface area (Å²) in [6.07, 6.45) is -1.31. The van der Waals surface area contributed by atoms with Crippen LogP contribution in [0.15, 0.2) is 41.2 Å². The van der Waals surface area contributed by atoms with Crippen LogP contribution in [0.1, 0.15) is 31.4 Å². The monoisotopic (exact) mass is 848 g/mol. The van der Waals surface area contributed by atoms with Gasteiger partial charge in [-0.3, -0.25) is 33.8 Å². The molecule has 2 atom stereocenters. The average molecular weight is 848 g/mol. The Balaban J connectivity index is 0.00000417. The van der Waals surface area contributed by atoms with Crippen molar-refractivity contribution in [1.82, 2.24) is 25.0 Å². The molecule has 2 unspecified atom stereocenters. The van der Waals surface area contributed by atoms with E-state index in [4.69, 9.17) is 4.98 Å². The maximum absolute atomic E-state index is 13.1. The molecule has 0 spiro atoms. The van der Waals surface area contributed by atoms with Crippen molar-refractivity contribution >= 4 is 55.5 Å². The third-order valence-corrected chi connectivity index (χ3v) is 9.17. The summed E-state index contributed by atoms with van der Waals surface area (Å²) in [5, 5.41) is 52.8. The molecule has 0 saturated carbocycles. The van der Waals surface area contributed by atoms with Gasteiger partial charge in [-0.2, -0.15) is 0 Å². The fourth-order valence-corrected chi connectivity index (χ4v) is 6.71. The van der Waals surface area contributed by atoms with Gasteiger partial charge in [-0.25, -0.2) is 4.98 Å². The number of aliphatic carboxylic acids is 4. The molecule has 261 valence electrons. The predicted octanol–water partition coefficient (Wildman–Crippen LogP) is -1.68. The number of benzene rings is 1. The topological polar surface area (TPSA) is 221 Å². The number of hydrogen-bond donors (Lipinski definition) is 6. The van der Waals surface area contributed by atoms with E-state index in [1.807, 2.05) is 17.0 Å². The maximum Gasteiger partial charge on any atom is 1.00 e. The molecule has 1 aromatic carbocycles. The van der Waals surface area contributed by atoms with Gasteiger partial charge in [0.2, 0.25) is 0 Å². The largest absolute Gasteiger partial charge is 1.00 e. The first-order valence-electron chi connectivity index (χ1n) is 15.1. The number of aliphatic hydroxyl groups is 1. The number of carboxylic acid groups (broad SMARTS) is 4. The number of hydrogen-bond acceptors (Lipinski definition) is 12. The molecule has 15 nitrogen and oxygen atoms in total. The van der Waals surface area contributed by atoms with Gasteiger partial charge in [0.15, 0.2) is 5.43 Å². The second-order valence-electron chi connectivity index (χ2n) is 11.3. The van der Waals surface area contributed by atoms with E-state index in [0.29, 0.717) is 27.8 Å². The van der Waals surface area contributed by atoms with E-state index in [2.05, 4.69) is 5.32 Å². The molecule has 1 saturated heterocycles. The summed E-state index contributed by atoms with van der Waals surface area (Å²) in [5.74, 6) is -4.67. The van der Waals surface area contributed by atoms with Gasteiger partial charge in [-0.15, -0.1) is 17.6 Å². The Morgan fingerprint density at radius 2 is 1.43 bits per heavy atom. The number of aliphatic hydroxyl groups excluding tert-OH is 1. The van der Waals surface area contributed by atoms with Crippen LogP contribution in [0, 0.1) is 55.6 Å². The zero-order chi connectivity index (χ0) is 34.1. The van der Waals surface area contributed by atoms with Gasteiger partial charge >= 0.3 is 53.4 Å². The Labute approximate surface area is 349 Å². The molecule has 1 radical (unpaired) electrons. The fraction of sp³-hybridized carbons (Fsp3) is 0.452. The molecule has 0 amide bonds. The van der Waals surface area contributed by atoms with Crippen molar-refractivity contribution in [3.05, 3.63) is 58.5 Å². The van der Waals surface area contributed by atoms with Gasteiger partial charge in [0, 0.05) is 112 Å². The van der Waals surface area contributed by atoms with Crippen molar-refractivity contribution in [3.8, 4) is 0 Å². The van der Waals surface area contributed by atoms with Gasteiger partial charge in [0.1, 0.15) is 16.9 Å². The van der Waals surface area contributed by atoms with Gasteiger partial charge in [-0.1, -0.05) is 18.7 Å². The fourth-order valence-electron chi connectivity index (χ4n) is 5.65. The zero-order valence-electron chi connectivity index (χ0n) is 27.0. The van der Waals surface area contributed by atoms with Crippen LogP contribution < -0.4 is 40.3 Å². The van der Waals surface area contributed by atoms with Crippen LogP contribution in [-0.4, -0.2) is 127 Å². The second kappa shape index (κ2) is 21.1. The summed E-state index contributed by atoms with van der Waals surface area (Å²) in [7, 11) is 0. The molecule has 6 N–H and O–H groups in total. The minimum Gasteiger partial charge on any atom is -0.547 e. The van der Waals surface area contributed by atoms with Gasteiger partial charge in [0.25, 0.3) is 0 Å². The van der Waals surface area contributed by atoms with E-state index in [0.717, 1.165) is 4.70 Å².